The summed E-state index contributed by atoms with van der Waals surface area (Å²) in [6.07, 6.45) is -0.0601. The van der Waals surface area contributed by atoms with Gasteiger partial charge in [-0.2, -0.15) is 0 Å². The molecule has 0 saturated carbocycles. The molecule has 1 aromatic carbocycles. The molecule has 1 saturated heterocycles. The van der Waals surface area contributed by atoms with Gasteiger partial charge >= 0.3 is 13.1 Å². The number of benzene rings is 1. The molecule has 2 N–H and O–H groups in total. The zero-order chi connectivity index (χ0) is 16.7. The molecule has 0 radical (unpaired) electrons. The maximum atomic E-state index is 11.6. The maximum Gasteiger partial charge on any atom is 0.496 e. The van der Waals surface area contributed by atoms with Gasteiger partial charge in [0.25, 0.3) is 0 Å². The van der Waals surface area contributed by atoms with Gasteiger partial charge in [-0.25, -0.2) is 4.79 Å². The van der Waals surface area contributed by atoms with Crippen molar-refractivity contribution in [3.8, 4) is 0 Å². The summed E-state index contributed by atoms with van der Waals surface area (Å²) in [5.41, 5.74) is 6.62. The Morgan fingerprint density at radius 1 is 1.45 bits per heavy atom. The van der Waals surface area contributed by atoms with Crippen LogP contribution in [-0.2, 0) is 14.0 Å². The topological polar surface area (TPSA) is 70.8 Å². The number of hydrogen-bond acceptors (Lipinski definition) is 5. The fourth-order valence-electron chi connectivity index (χ4n) is 2.84. The Bertz CT molecular complexity index is 591. The van der Waals surface area contributed by atoms with Crippen molar-refractivity contribution in [3.05, 3.63) is 22.7 Å². The molecule has 1 aliphatic rings. The highest BCUT2D eigenvalue weighted by atomic mass is 35.5. The van der Waals surface area contributed by atoms with E-state index in [0.29, 0.717) is 16.4 Å². The van der Waals surface area contributed by atoms with Gasteiger partial charge in [0.05, 0.1) is 24.4 Å². The van der Waals surface area contributed by atoms with Crippen LogP contribution in [0.15, 0.2) is 12.1 Å². The Balaban J connectivity index is 2.35. The van der Waals surface area contributed by atoms with E-state index in [4.69, 9.17) is 26.6 Å². The second-order valence-corrected chi connectivity index (χ2v) is 6.71. The van der Waals surface area contributed by atoms with Crippen LogP contribution in [0, 0.1) is 5.92 Å². The monoisotopic (exact) mass is 325 g/mol. The molecule has 120 valence electrons. The van der Waals surface area contributed by atoms with Crippen molar-refractivity contribution < 1.29 is 18.8 Å². The predicted molar refractivity (Wildman–Crippen MR) is 87.5 cm³/mol. The quantitative estimate of drug-likeness (QED) is 0.524. The van der Waals surface area contributed by atoms with Crippen LogP contribution in [0.2, 0.25) is 5.02 Å². The number of hydrogen-bond donors (Lipinski definition) is 1. The molecule has 0 aliphatic carbocycles. The smallest absolute Gasteiger partial charge is 0.465 e. The Hall–Kier alpha value is -1.24. The Kier molecular flexibility index (Phi) is 4.75. The number of carbonyl (C=O) groups is 1. The average Bonchev–Trinajstić information content (AvgIpc) is 2.75. The summed E-state index contributed by atoms with van der Waals surface area (Å²) in [7, 11) is 0.687. The van der Waals surface area contributed by atoms with E-state index in [1.807, 2.05) is 13.8 Å². The summed E-state index contributed by atoms with van der Waals surface area (Å²) in [5.74, 6) is -0.231. The number of halogens is 1. The highest BCUT2D eigenvalue weighted by molar-refractivity contribution is 6.65. The molecule has 1 atom stereocenters. The minimum Gasteiger partial charge on any atom is -0.465 e. The standard InChI is InChI=1S/C15H21BClNO4/c1-8(2)13-15(3,4)22-16(21-13)10-7-12(18)9(6-11(10)17)14(19)20-5/h6-8,13H,18H2,1-5H3. The summed E-state index contributed by atoms with van der Waals surface area (Å²) in [4.78, 5) is 11.6. The molecule has 1 fully saturated rings. The molecule has 0 amide bonds. The molecule has 1 heterocycles. The summed E-state index contributed by atoms with van der Waals surface area (Å²) in [6.45, 7) is 8.12. The third kappa shape index (κ3) is 3.09. The fraction of sp³-hybridized carbons (Fsp3) is 0.533. The largest absolute Gasteiger partial charge is 0.496 e. The molecule has 5 nitrogen and oxygen atoms in total. The first-order valence-corrected chi connectivity index (χ1v) is 7.55. The third-order valence-electron chi connectivity index (χ3n) is 3.80. The number of ether oxygens (including phenoxy) is 1. The number of nitrogen functional groups attached to an aromatic ring is 1. The summed E-state index contributed by atoms with van der Waals surface area (Å²) >= 11 is 6.28. The third-order valence-corrected chi connectivity index (χ3v) is 4.13. The van der Waals surface area contributed by atoms with Crippen molar-refractivity contribution in [2.75, 3.05) is 12.8 Å². The first-order valence-electron chi connectivity index (χ1n) is 7.18. The summed E-state index contributed by atoms with van der Waals surface area (Å²) < 4.78 is 16.7. The van der Waals surface area contributed by atoms with E-state index in [1.54, 1.807) is 6.07 Å². The lowest BCUT2D eigenvalue weighted by Gasteiger charge is -2.28. The lowest BCUT2D eigenvalue weighted by Crippen LogP contribution is -2.37. The first kappa shape index (κ1) is 17.1. The van der Waals surface area contributed by atoms with Gasteiger partial charge in [0, 0.05) is 16.2 Å². The molecular weight excluding hydrogens is 304 g/mol. The maximum absolute atomic E-state index is 11.6. The SMILES string of the molecule is COC(=O)c1cc(Cl)c(B2OC(C(C)C)C(C)(C)O2)cc1N. The van der Waals surface area contributed by atoms with E-state index in [0.717, 1.165) is 0 Å². The van der Waals surface area contributed by atoms with Gasteiger partial charge in [0.15, 0.2) is 0 Å². The van der Waals surface area contributed by atoms with E-state index in [2.05, 4.69) is 18.6 Å². The predicted octanol–water partition coefficient (Wildman–Crippen LogP) is 2.25. The van der Waals surface area contributed by atoms with Gasteiger partial charge < -0.3 is 19.8 Å². The highest BCUT2D eigenvalue weighted by Crippen LogP contribution is 2.33. The molecule has 7 heteroatoms. The molecule has 1 aliphatic heterocycles. The van der Waals surface area contributed by atoms with Gasteiger partial charge in [0.1, 0.15) is 0 Å². The second kappa shape index (κ2) is 6.10. The van der Waals surface area contributed by atoms with Crippen LogP contribution >= 0.6 is 11.6 Å². The summed E-state index contributed by atoms with van der Waals surface area (Å²) in [5, 5.41) is 0.361. The number of rotatable bonds is 3. The van der Waals surface area contributed by atoms with E-state index in [-0.39, 0.29) is 17.4 Å². The normalized spacial score (nSPS) is 20.5. The van der Waals surface area contributed by atoms with Gasteiger partial charge in [-0.05, 0) is 31.9 Å². The van der Waals surface area contributed by atoms with Crippen LogP contribution in [0.25, 0.3) is 0 Å². The van der Waals surface area contributed by atoms with E-state index in [1.165, 1.54) is 13.2 Å². The van der Waals surface area contributed by atoms with Gasteiger partial charge in [-0.1, -0.05) is 25.4 Å². The van der Waals surface area contributed by atoms with Crippen LogP contribution in [0.3, 0.4) is 0 Å². The Morgan fingerprint density at radius 2 is 2.09 bits per heavy atom. The number of esters is 1. The van der Waals surface area contributed by atoms with Crippen molar-refractivity contribution >= 4 is 35.8 Å². The number of anilines is 1. The fourth-order valence-corrected chi connectivity index (χ4v) is 3.09. The van der Waals surface area contributed by atoms with E-state index < -0.39 is 18.7 Å². The van der Waals surface area contributed by atoms with E-state index in [9.17, 15) is 4.79 Å². The van der Waals surface area contributed by atoms with Crippen molar-refractivity contribution in [3.63, 3.8) is 0 Å². The molecule has 0 bridgehead atoms. The Labute approximate surface area is 136 Å². The molecule has 0 aromatic heterocycles. The lowest BCUT2D eigenvalue weighted by atomic mass is 9.78. The number of carbonyl (C=O) groups excluding carboxylic acids is 1. The molecule has 0 spiro atoms. The van der Waals surface area contributed by atoms with Crippen molar-refractivity contribution in [2.24, 2.45) is 5.92 Å². The Morgan fingerprint density at radius 3 is 2.59 bits per heavy atom. The minimum absolute atomic E-state index is 0.0601. The zero-order valence-corrected chi connectivity index (χ0v) is 14.2. The second-order valence-electron chi connectivity index (χ2n) is 6.31. The zero-order valence-electron chi connectivity index (χ0n) is 13.5. The molecule has 22 heavy (non-hydrogen) atoms. The van der Waals surface area contributed by atoms with Crippen molar-refractivity contribution in [2.45, 2.75) is 39.4 Å². The number of nitrogens with two attached hydrogens (primary N) is 1. The van der Waals surface area contributed by atoms with Gasteiger partial charge in [-0.3, -0.25) is 0 Å². The molecule has 1 aromatic rings. The van der Waals surface area contributed by atoms with Crippen LogP contribution in [0.5, 0.6) is 0 Å². The lowest BCUT2D eigenvalue weighted by molar-refractivity contribution is 0.0438. The molecule has 2 rings (SSSR count). The van der Waals surface area contributed by atoms with Crippen LogP contribution in [0.1, 0.15) is 38.1 Å². The van der Waals surface area contributed by atoms with Crippen LogP contribution in [0.4, 0.5) is 5.69 Å². The summed E-state index contributed by atoms with van der Waals surface area (Å²) in [6, 6.07) is 3.10. The number of methoxy groups -OCH3 is 1. The van der Waals surface area contributed by atoms with Crippen molar-refractivity contribution in [1.82, 2.24) is 0 Å². The molecular formula is C15H21BClNO4. The highest BCUT2D eigenvalue weighted by Gasteiger charge is 2.48. The average molecular weight is 326 g/mol. The van der Waals surface area contributed by atoms with Gasteiger partial charge in [-0.15, -0.1) is 0 Å². The van der Waals surface area contributed by atoms with Crippen LogP contribution < -0.4 is 11.2 Å². The first-order chi connectivity index (χ1) is 10.2. The van der Waals surface area contributed by atoms with Gasteiger partial charge in [0.2, 0.25) is 0 Å². The van der Waals surface area contributed by atoms with Crippen molar-refractivity contribution in [1.29, 1.82) is 0 Å². The molecule has 1 unspecified atom stereocenters. The van der Waals surface area contributed by atoms with Crippen LogP contribution in [-0.4, -0.2) is 31.9 Å². The minimum atomic E-state index is -0.608. The van der Waals surface area contributed by atoms with E-state index >= 15 is 0 Å².